The first kappa shape index (κ1) is 12.1. The zero-order valence-electron chi connectivity index (χ0n) is 9.65. The third kappa shape index (κ3) is 3.29. The van der Waals surface area contributed by atoms with Crippen molar-refractivity contribution in [3.63, 3.8) is 0 Å². The molecule has 94 valence electrons. The van der Waals surface area contributed by atoms with E-state index in [1.54, 1.807) is 12.3 Å². The maximum absolute atomic E-state index is 10.3. The monoisotopic (exact) mass is 238 g/mol. The summed E-state index contributed by atoms with van der Waals surface area (Å²) in [5, 5.41) is 13.4. The molecular formula is C11H18N4O2. The minimum absolute atomic E-state index is 0.504. The molecule has 0 radical (unpaired) electrons. The van der Waals surface area contributed by atoms with Gasteiger partial charge < -0.3 is 20.6 Å². The van der Waals surface area contributed by atoms with E-state index in [0.29, 0.717) is 38.4 Å². The van der Waals surface area contributed by atoms with E-state index in [9.17, 15) is 5.11 Å². The second kappa shape index (κ2) is 5.31. The number of hydrogen-bond donors (Lipinski definition) is 4. The van der Waals surface area contributed by atoms with Gasteiger partial charge >= 0.3 is 0 Å². The van der Waals surface area contributed by atoms with Crippen molar-refractivity contribution < 1.29 is 9.84 Å². The van der Waals surface area contributed by atoms with E-state index >= 15 is 0 Å². The first-order valence-corrected chi connectivity index (χ1v) is 5.69. The Labute approximate surface area is 100 Å². The lowest BCUT2D eigenvalue weighted by atomic mass is 9.94. The van der Waals surface area contributed by atoms with E-state index in [1.165, 1.54) is 0 Å². The van der Waals surface area contributed by atoms with E-state index in [0.717, 1.165) is 5.69 Å². The second-order valence-electron chi connectivity index (χ2n) is 4.26. The lowest BCUT2D eigenvalue weighted by Crippen LogP contribution is -2.42. The predicted molar refractivity (Wildman–Crippen MR) is 65.5 cm³/mol. The number of anilines is 2. The summed E-state index contributed by atoms with van der Waals surface area (Å²) in [5.41, 5.74) is 2.68. The number of nitrogens with zero attached hydrogens (tertiary/aromatic N) is 1. The summed E-state index contributed by atoms with van der Waals surface area (Å²) in [6.07, 6.45) is 2.98. The molecule has 17 heavy (non-hydrogen) atoms. The molecular weight excluding hydrogens is 220 g/mol. The lowest BCUT2D eigenvalue weighted by Gasteiger charge is -2.32. The number of ether oxygens (including phenoxy) is 1. The van der Waals surface area contributed by atoms with Crippen molar-refractivity contribution >= 4 is 11.5 Å². The van der Waals surface area contributed by atoms with E-state index in [1.807, 2.05) is 6.07 Å². The van der Waals surface area contributed by atoms with Crippen LogP contribution in [0, 0.1) is 0 Å². The number of nitrogen functional groups attached to an aromatic ring is 1. The zero-order valence-corrected chi connectivity index (χ0v) is 9.65. The van der Waals surface area contributed by atoms with Crippen LogP contribution in [0.5, 0.6) is 0 Å². The fourth-order valence-corrected chi connectivity index (χ4v) is 1.81. The Balaban J connectivity index is 1.92. The first-order chi connectivity index (χ1) is 8.22. The van der Waals surface area contributed by atoms with Gasteiger partial charge in [-0.2, -0.15) is 0 Å². The third-order valence-corrected chi connectivity index (χ3v) is 2.95. The average Bonchev–Trinajstić information content (AvgIpc) is 2.38. The van der Waals surface area contributed by atoms with Gasteiger partial charge in [-0.3, -0.25) is 0 Å². The van der Waals surface area contributed by atoms with Gasteiger partial charge in [-0.25, -0.2) is 10.8 Å². The van der Waals surface area contributed by atoms with E-state index in [4.69, 9.17) is 10.6 Å². The number of rotatable bonds is 4. The van der Waals surface area contributed by atoms with Gasteiger partial charge in [-0.1, -0.05) is 0 Å². The van der Waals surface area contributed by atoms with Crippen LogP contribution in [0.25, 0.3) is 0 Å². The standard InChI is InChI=1S/C11H18N4O2/c12-15-10-7-9(1-4-13-10)14-8-11(16)2-5-17-6-3-11/h1,4,7,16H,2-3,5-6,8,12H2,(H2,13,14,15). The Morgan fingerprint density at radius 1 is 1.47 bits per heavy atom. The molecule has 0 saturated carbocycles. The molecule has 0 amide bonds. The summed E-state index contributed by atoms with van der Waals surface area (Å²) in [5.74, 6) is 5.87. The lowest BCUT2D eigenvalue weighted by molar-refractivity contribution is -0.0543. The Hall–Kier alpha value is -1.37. The number of nitrogens with one attached hydrogen (secondary N) is 2. The molecule has 0 aromatic carbocycles. The van der Waals surface area contributed by atoms with Crippen molar-refractivity contribution in [2.75, 3.05) is 30.5 Å². The minimum Gasteiger partial charge on any atom is -0.388 e. The topological polar surface area (TPSA) is 92.4 Å². The Bertz CT molecular complexity index is 366. The Morgan fingerprint density at radius 3 is 2.94 bits per heavy atom. The van der Waals surface area contributed by atoms with Gasteiger partial charge in [0.05, 0.1) is 5.60 Å². The van der Waals surface area contributed by atoms with Crippen molar-refractivity contribution in [3.8, 4) is 0 Å². The number of nitrogens with two attached hydrogens (primary N) is 1. The third-order valence-electron chi connectivity index (χ3n) is 2.95. The molecule has 0 bridgehead atoms. The van der Waals surface area contributed by atoms with Gasteiger partial charge in [0.1, 0.15) is 5.82 Å². The molecule has 1 fully saturated rings. The number of hydrogen-bond acceptors (Lipinski definition) is 6. The van der Waals surface area contributed by atoms with Crippen LogP contribution in [0.15, 0.2) is 18.3 Å². The molecule has 1 aliphatic heterocycles. The molecule has 2 heterocycles. The molecule has 0 spiro atoms. The van der Waals surface area contributed by atoms with Crippen LogP contribution in [0.1, 0.15) is 12.8 Å². The summed E-state index contributed by atoms with van der Waals surface area (Å²) in [7, 11) is 0. The van der Waals surface area contributed by atoms with Crippen LogP contribution in [0.4, 0.5) is 11.5 Å². The highest BCUT2D eigenvalue weighted by atomic mass is 16.5. The molecule has 0 atom stereocenters. The maximum atomic E-state index is 10.3. The normalized spacial score (nSPS) is 18.7. The van der Waals surface area contributed by atoms with Gasteiger partial charge in [0.2, 0.25) is 0 Å². The van der Waals surface area contributed by atoms with Gasteiger partial charge in [-0.05, 0) is 6.07 Å². The highest BCUT2D eigenvalue weighted by Gasteiger charge is 2.29. The highest BCUT2D eigenvalue weighted by molar-refractivity contribution is 5.51. The molecule has 2 rings (SSSR count). The summed E-state index contributed by atoms with van der Waals surface area (Å²) in [4.78, 5) is 4.01. The van der Waals surface area contributed by atoms with Crippen LogP contribution in [-0.4, -0.2) is 35.5 Å². The fraction of sp³-hybridized carbons (Fsp3) is 0.545. The summed E-state index contributed by atoms with van der Waals surface area (Å²) in [6.45, 7) is 1.73. The molecule has 5 N–H and O–H groups in total. The summed E-state index contributed by atoms with van der Waals surface area (Å²) >= 11 is 0. The quantitative estimate of drug-likeness (QED) is 0.446. The van der Waals surface area contributed by atoms with Crippen molar-refractivity contribution in [2.24, 2.45) is 5.84 Å². The molecule has 1 aromatic heterocycles. The zero-order chi connectivity index (χ0) is 12.1. The van der Waals surface area contributed by atoms with Crippen LogP contribution >= 0.6 is 0 Å². The van der Waals surface area contributed by atoms with Crippen LogP contribution in [0.2, 0.25) is 0 Å². The van der Waals surface area contributed by atoms with Crippen molar-refractivity contribution in [1.29, 1.82) is 0 Å². The smallest absolute Gasteiger partial charge is 0.141 e. The number of aromatic nitrogens is 1. The molecule has 1 aliphatic rings. The van der Waals surface area contributed by atoms with Crippen LogP contribution < -0.4 is 16.6 Å². The largest absolute Gasteiger partial charge is 0.388 e. The number of aliphatic hydroxyl groups is 1. The molecule has 0 unspecified atom stereocenters. The van der Waals surface area contributed by atoms with Gasteiger partial charge in [-0.15, -0.1) is 0 Å². The number of pyridine rings is 1. The molecule has 0 aliphatic carbocycles. The van der Waals surface area contributed by atoms with Gasteiger partial charge in [0, 0.05) is 50.6 Å². The van der Waals surface area contributed by atoms with Crippen LogP contribution in [-0.2, 0) is 4.74 Å². The van der Waals surface area contributed by atoms with E-state index in [-0.39, 0.29) is 0 Å². The van der Waals surface area contributed by atoms with Crippen molar-refractivity contribution in [1.82, 2.24) is 4.98 Å². The minimum atomic E-state index is -0.683. The predicted octanol–water partition coefficient (Wildman–Crippen LogP) is 0.321. The molecule has 6 nitrogen and oxygen atoms in total. The first-order valence-electron chi connectivity index (χ1n) is 5.69. The average molecular weight is 238 g/mol. The van der Waals surface area contributed by atoms with Gasteiger partial charge in [0.15, 0.2) is 0 Å². The SMILES string of the molecule is NNc1cc(NCC2(O)CCOCC2)ccn1. The molecule has 1 aromatic rings. The molecule has 6 heteroatoms. The molecule has 1 saturated heterocycles. The highest BCUT2D eigenvalue weighted by Crippen LogP contribution is 2.21. The van der Waals surface area contributed by atoms with E-state index < -0.39 is 5.60 Å². The Kier molecular flexibility index (Phi) is 3.78. The van der Waals surface area contributed by atoms with Crippen molar-refractivity contribution in [3.05, 3.63) is 18.3 Å². The number of hydrazine groups is 1. The summed E-state index contributed by atoms with van der Waals surface area (Å²) in [6, 6.07) is 3.63. The van der Waals surface area contributed by atoms with E-state index in [2.05, 4.69) is 15.7 Å². The second-order valence-corrected chi connectivity index (χ2v) is 4.26. The fourth-order valence-electron chi connectivity index (χ4n) is 1.81. The maximum Gasteiger partial charge on any atom is 0.141 e. The van der Waals surface area contributed by atoms with Crippen LogP contribution in [0.3, 0.4) is 0 Å². The van der Waals surface area contributed by atoms with Crippen molar-refractivity contribution in [2.45, 2.75) is 18.4 Å². The Morgan fingerprint density at radius 2 is 2.24 bits per heavy atom. The summed E-state index contributed by atoms with van der Waals surface area (Å²) < 4.78 is 5.23. The van der Waals surface area contributed by atoms with Gasteiger partial charge in [0.25, 0.3) is 0 Å².